The number of amides is 2. The number of urea groups is 1. The van der Waals surface area contributed by atoms with Gasteiger partial charge in [0.25, 0.3) is 0 Å². The molecular weight excluding hydrogens is 224 g/mol. The SMILES string of the molecule is CC1CCC(NC(=O)NC2CCCCCC2)CC1. The second-order valence-electron chi connectivity index (χ2n) is 6.26. The van der Waals surface area contributed by atoms with Gasteiger partial charge in [-0.25, -0.2) is 4.79 Å². The van der Waals surface area contributed by atoms with E-state index in [0.717, 1.165) is 31.6 Å². The van der Waals surface area contributed by atoms with Gasteiger partial charge in [-0.2, -0.15) is 0 Å². The zero-order valence-corrected chi connectivity index (χ0v) is 11.7. The van der Waals surface area contributed by atoms with E-state index in [9.17, 15) is 4.79 Å². The molecule has 0 heterocycles. The maximum atomic E-state index is 12.0. The van der Waals surface area contributed by atoms with Crippen LogP contribution in [-0.2, 0) is 0 Å². The lowest BCUT2D eigenvalue weighted by Crippen LogP contribution is -2.47. The van der Waals surface area contributed by atoms with Gasteiger partial charge in [0.2, 0.25) is 0 Å². The average molecular weight is 252 g/mol. The van der Waals surface area contributed by atoms with Crippen LogP contribution in [0.2, 0.25) is 0 Å². The van der Waals surface area contributed by atoms with Crippen molar-refractivity contribution in [2.75, 3.05) is 0 Å². The maximum absolute atomic E-state index is 12.0. The number of rotatable bonds is 2. The molecule has 0 bridgehead atoms. The summed E-state index contributed by atoms with van der Waals surface area (Å²) in [5.74, 6) is 0.841. The molecule has 104 valence electrons. The summed E-state index contributed by atoms with van der Waals surface area (Å²) in [5, 5.41) is 6.32. The zero-order chi connectivity index (χ0) is 12.8. The lowest BCUT2D eigenvalue weighted by molar-refractivity contribution is 0.223. The van der Waals surface area contributed by atoms with Crippen LogP contribution in [0.4, 0.5) is 4.79 Å². The van der Waals surface area contributed by atoms with E-state index in [1.807, 2.05) is 0 Å². The summed E-state index contributed by atoms with van der Waals surface area (Å²) in [4.78, 5) is 12.0. The highest BCUT2D eigenvalue weighted by Gasteiger charge is 2.21. The molecule has 3 nitrogen and oxygen atoms in total. The average Bonchev–Trinajstić information content (AvgIpc) is 2.61. The van der Waals surface area contributed by atoms with E-state index in [4.69, 9.17) is 0 Å². The lowest BCUT2D eigenvalue weighted by Gasteiger charge is -2.28. The van der Waals surface area contributed by atoms with E-state index in [0.29, 0.717) is 12.1 Å². The van der Waals surface area contributed by atoms with Crippen molar-refractivity contribution in [2.45, 2.75) is 83.2 Å². The summed E-state index contributed by atoms with van der Waals surface area (Å²) in [7, 11) is 0. The van der Waals surface area contributed by atoms with Crippen LogP contribution in [0.5, 0.6) is 0 Å². The highest BCUT2D eigenvalue weighted by atomic mass is 16.2. The fourth-order valence-electron chi connectivity index (χ4n) is 3.24. The van der Waals surface area contributed by atoms with Crippen LogP contribution in [0.15, 0.2) is 0 Å². The molecule has 0 unspecified atom stereocenters. The normalized spacial score (nSPS) is 30.5. The number of hydrogen-bond acceptors (Lipinski definition) is 1. The summed E-state index contributed by atoms with van der Waals surface area (Å²) in [6.07, 6.45) is 12.4. The van der Waals surface area contributed by atoms with Crippen LogP contribution >= 0.6 is 0 Å². The molecule has 0 saturated heterocycles. The van der Waals surface area contributed by atoms with E-state index >= 15 is 0 Å². The highest BCUT2D eigenvalue weighted by Crippen LogP contribution is 2.23. The zero-order valence-electron chi connectivity index (χ0n) is 11.7. The summed E-state index contributed by atoms with van der Waals surface area (Å²) in [6.45, 7) is 2.31. The first-order chi connectivity index (χ1) is 8.74. The Hall–Kier alpha value is -0.730. The van der Waals surface area contributed by atoms with Gasteiger partial charge in [0.05, 0.1) is 0 Å². The number of nitrogens with one attached hydrogen (secondary N) is 2. The largest absolute Gasteiger partial charge is 0.335 e. The smallest absolute Gasteiger partial charge is 0.315 e. The van der Waals surface area contributed by atoms with Gasteiger partial charge in [0.1, 0.15) is 0 Å². The molecule has 3 heteroatoms. The van der Waals surface area contributed by atoms with Crippen LogP contribution in [0.3, 0.4) is 0 Å². The first-order valence-electron chi connectivity index (χ1n) is 7.81. The molecule has 2 rings (SSSR count). The Labute approximate surface area is 111 Å². The molecule has 0 aromatic carbocycles. The van der Waals surface area contributed by atoms with Crippen molar-refractivity contribution in [1.29, 1.82) is 0 Å². The summed E-state index contributed by atoms with van der Waals surface area (Å²) >= 11 is 0. The molecule has 2 amide bonds. The molecule has 2 aliphatic carbocycles. The second kappa shape index (κ2) is 7.01. The van der Waals surface area contributed by atoms with Gasteiger partial charge in [-0.3, -0.25) is 0 Å². The number of carbonyl (C=O) groups excluding carboxylic acids is 1. The predicted octanol–water partition coefficient (Wildman–Crippen LogP) is 3.59. The van der Waals surface area contributed by atoms with Crippen molar-refractivity contribution in [2.24, 2.45) is 5.92 Å². The summed E-state index contributed by atoms with van der Waals surface area (Å²) < 4.78 is 0. The molecule has 0 radical (unpaired) electrons. The summed E-state index contributed by atoms with van der Waals surface area (Å²) in [6, 6.07) is 0.892. The van der Waals surface area contributed by atoms with Crippen molar-refractivity contribution in [3.05, 3.63) is 0 Å². The minimum atomic E-state index is 0.0708. The molecule has 0 spiro atoms. The van der Waals surface area contributed by atoms with Gasteiger partial charge in [0, 0.05) is 12.1 Å². The van der Waals surface area contributed by atoms with Crippen LogP contribution in [0.25, 0.3) is 0 Å². The van der Waals surface area contributed by atoms with E-state index in [1.54, 1.807) is 0 Å². The van der Waals surface area contributed by atoms with Gasteiger partial charge < -0.3 is 10.6 Å². The molecule has 18 heavy (non-hydrogen) atoms. The Balaban J connectivity index is 1.67. The Kier molecular flexibility index (Phi) is 5.33. The molecule has 2 aliphatic rings. The molecule has 2 saturated carbocycles. The number of carbonyl (C=O) groups is 1. The minimum absolute atomic E-state index is 0.0708. The van der Waals surface area contributed by atoms with E-state index < -0.39 is 0 Å². The molecule has 0 aromatic heterocycles. The Morgan fingerprint density at radius 1 is 0.778 bits per heavy atom. The number of hydrogen-bond donors (Lipinski definition) is 2. The van der Waals surface area contributed by atoms with Gasteiger partial charge >= 0.3 is 6.03 Å². The standard InChI is InChI=1S/C15H28N2O/c1-12-8-10-14(11-9-12)17-15(18)16-13-6-4-2-3-5-7-13/h12-14H,2-11H2,1H3,(H2,16,17,18). The first kappa shape index (κ1) is 13.7. The van der Waals surface area contributed by atoms with Gasteiger partial charge in [-0.05, 0) is 44.4 Å². The molecule has 0 aromatic rings. The van der Waals surface area contributed by atoms with Crippen LogP contribution in [0, 0.1) is 5.92 Å². The van der Waals surface area contributed by atoms with E-state index in [2.05, 4.69) is 17.6 Å². The van der Waals surface area contributed by atoms with Crippen molar-refractivity contribution in [1.82, 2.24) is 10.6 Å². The fourth-order valence-corrected chi connectivity index (χ4v) is 3.24. The third-order valence-electron chi connectivity index (χ3n) is 4.54. The topological polar surface area (TPSA) is 41.1 Å². The Morgan fingerprint density at radius 3 is 1.83 bits per heavy atom. The highest BCUT2D eigenvalue weighted by molar-refractivity contribution is 5.74. The quantitative estimate of drug-likeness (QED) is 0.725. The van der Waals surface area contributed by atoms with Gasteiger partial charge in [-0.1, -0.05) is 32.6 Å². The molecule has 2 fully saturated rings. The lowest BCUT2D eigenvalue weighted by atomic mass is 9.87. The fraction of sp³-hybridized carbons (Fsp3) is 0.933. The van der Waals surface area contributed by atoms with E-state index in [1.165, 1.54) is 38.5 Å². The van der Waals surface area contributed by atoms with Crippen LogP contribution in [-0.4, -0.2) is 18.1 Å². The first-order valence-corrected chi connectivity index (χ1v) is 7.81. The van der Waals surface area contributed by atoms with Crippen LogP contribution in [0.1, 0.15) is 71.1 Å². The third kappa shape index (κ3) is 4.51. The van der Waals surface area contributed by atoms with Gasteiger partial charge in [-0.15, -0.1) is 0 Å². The third-order valence-corrected chi connectivity index (χ3v) is 4.54. The monoisotopic (exact) mass is 252 g/mol. The van der Waals surface area contributed by atoms with Crippen molar-refractivity contribution in [3.8, 4) is 0 Å². The van der Waals surface area contributed by atoms with Crippen molar-refractivity contribution in [3.63, 3.8) is 0 Å². The molecule has 2 N–H and O–H groups in total. The minimum Gasteiger partial charge on any atom is -0.335 e. The van der Waals surface area contributed by atoms with E-state index in [-0.39, 0.29) is 6.03 Å². The Morgan fingerprint density at radius 2 is 1.28 bits per heavy atom. The predicted molar refractivity (Wildman–Crippen MR) is 74.6 cm³/mol. The summed E-state index contributed by atoms with van der Waals surface area (Å²) in [5.41, 5.74) is 0. The second-order valence-corrected chi connectivity index (χ2v) is 6.26. The molecule has 0 atom stereocenters. The van der Waals surface area contributed by atoms with Crippen LogP contribution < -0.4 is 10.6 Å². The molecule has 0 aliphatic heterocycles. The Bertz CT molecular complexity index is 251. The van der Waals surface area contributed by atoms with Gasteiger partial charge in [0.15, 0.2) is 0 Å². The van der Waals surface area contributed by atoms with Crippen molar-refractivity contribution >= 4 is 6.03 Å². The maximum Gasteiger partial charge on any atom is 0.315 e. The van der Waals surface area contributed by atoms with Crippen molar-refractivity contribution < 1.29 is 4.79 Å². The molecular formula is C15H28N2O.